The van der Waals surface area contributed by atoms with E-state index >= 15 is 0 Å². The Morgan fingerprint density at radius 3 is 2.29 bits per heavy atom. The number of para-hydroxylation sites is 1. The molecular formula is C22H21F3N2O4. The highest BCUT2D eigenvalue weighted by molar-refractivity contribution is 5.96. The molecule has 2 N–H and O–H groups in total. The molecule has 0 unspecified atom stereocenters. The molecular weight excluding hydrogens is 413 g/mol. The minimum Gasteiger partial charge on any atom is -0.464 e. The Bertz CT molecular complexity index is 1080. The van der Waals surface area contributed by atoms with Crippen LogP contribution in [0.15, 0.2) is 54.6 Å². The van der Waals surface area contributed by atoms with Gasteiger partial charge in [-0.1, -0.05) is 48.5 Å². The van der Waals surface area contributed by atoms with Crippen LogP contribution in [0.5, 0.6) is 0 Å². The van der Waals surface area contributed by atoms with E-state index in [1.165, 1.54) is 19.9 Å². The van der Waals surface area contributed by atoms with Crippen molar-refractivity contribution < 1.29 is 32.2 Å². The van der Waals surface area contributed by atoms with E-state index in [0.717, 1.165) is 0 Å². The molecule has 0 fully saturated rings. The Morgan fingerprint density at radius 1 is 1.00 bits per heavy atom. The van der Waals surface area contributed by atoms with Crippen molar-refractivity contribution in [3.05, 3.63) is 71.4 Å². The summed E-state index contributed by atoms with van der Waals surface area (Å²) in [5.41, 5.74) is -2.87. The third kappa shape index (κ3) is 4.21. The number of carbonyl (C=O) groups excluding carboxylic acids is 2. The third-order valence-electron chi connectivity index (χ3n) is 4.78. The van der Waals surface area contributed by atoms with E-state index in [9.17, 15) is 22.8 Å². The Kier molecular flexibility index (Phi) is 6.24. The number of nitrogens with one attached hydrogen (secondary N) is 2. The normalized spacial score (nSPS) is 13.5. The molecule has 9 heteroatoms. The number of alkyl halides is 3. The highest BCUT2D eigenvalue weighted by atomic mass is 19.4. The standard InChI is InChI=1S/C22H21F3N2O4/c1-3-30-19(28)21(22(23,24)25,18-14(2)26-17-12-8-7-11-16(17)18)27-20(29)31-13-15-9-5-4-6-10-15/h4-12,26H,3,13H2,1-2H3,(H,27,29)/t21-/m0/s1. The molecule has 3 rings (SSSR count). The summed E-state index contributed by atoms with van der Waals surface area (Å²) in [5.74, 6) is -1.65. The number of rotatable bonds is 6. The molecule has 31 heavy (non-hydrogen) atoms. The molecule has 2 aromatic carbocycles. The molecule has 0 radical (unpaired) electrons. The van der Waals surface area contributed by atoms with Crippen LogP contribution in [-0.4, -0.2) is 29.8 Å². The summed E-state index contributed by atoms with van der Waals surface area (Å²) in [4.78, 5) is 28.1. The molecule has 0 aliphatic carbocycles. The first-order chi connectivity index (χ1) is 14.7. The molecule has 1 heterocycles. The zero-order chi connectivity index (χ0) is 22.6. The van der Waals surface area contributed by atoms with Crippen LogP contribution in [0.3, 0.4) is 0 Å². The van der Waals surface area contributed by atoms with Crippen LogP contribution in [0, 0.1) is 6.92 Å². The van der Waals surface area contributed by atoms with Gasteiger partial charge < -0.3 is 14.5 Å². The van der Waals surface area contributed by atoms with E-state index in [2.05, 4.69) is 4.98 Å². The number of hydrogen-bond donors (Lipinski definition) is 2. The predicted molar refractivity (Wildman–Crippen MR) is 107 cm³/mol. The molecule has 0 saturated carbocycles. The zero-order valence-electron chi connectivity index (χ0n) is 16.9. The fourth-order valence-corrected chi connectivity index (χ4v) is 3.46. The van der Waals surface area contributed by atoms with Gasteiger partial charge in [0.05, 0.1) is 6.61 Å². The number of esters is 1. The molecule has 1 amide bonds. The van der Waals surface area contributed by atoms with E-state index in [-0.39, 0.29) is 24.3 Å². The van der Waals surface area contributed by atoms with Crippen LogP contribution in [0.4, 0.5) is 18.0 Å². The first-order valence-corrected chi connectivity index (χ1v) is 9.51. The van der Waals surface area contributed by atoms with E-state index in [1.54, 1.807) is 53.8 Å². The highest BCUT2D eigenvalue weighted by Gasteiger charge is 2.66. The van der Waals surface area contributed by atoms with E-state index in [1.807, 2.05) is 0 Å². The number of alkyl carbamates (subject to hydrolysis) is 1. The fraction of sp³-hybridized carbons (Fsp3) is 0.273. The summed E-state index contributed by atoms with van der Waals surface area (Å²) < 4.78 is 53.4. The number of aromatic amines is 1. The lowest BCUT2D eigenvalue weighted by atomic mass is 9.86. The third-order valence-corrected chi connectivity index (χ3v) is 4.78. The first kappa shape index (κ1) is 22.2. The van der Waals surface area contributed by atoms with Gasteiger partial charge in [0.25, 0.3) is 5.54 Å². The second kappa shape index (κ2) is 8.71. The van der Waals surface area contributed by atoms with Crippen LogP contribution >= 0.6 is 0 Å². The van der Waals surface area contributed by atoms with Gasteiger partial charge in [-0.25, -0.2) is 9.59 Å². The van der Waals surface area contributed by atoms with E-state index < -0.39 is 29.3 Å². The number of H-pyrrole nitrogens is 1. The number of hydrogen-bond acceptors (Lipinski definition) is 4. The average molecular weight is 434 g/mol. The molecule has 164 valence electrons. The van der Waals surface area contributed by atoms with Crippen molar-refractivity contribution in [3.63, 3.8) is 0 Å². The topological polar surface area (TPSA) is 80.4 Å². The largest absolute Gasteiger partial charge is 0.464 e. The van der Waals surface area contributed by atoms with Gasteiger partial charge in [0.1, 0.15) is 6.61 Å². The Labute approximate surface area is 176 Å². The summed E-state index contributed by atoms with van der Waals surface area (Å²) in [6, 6.07) is 14.6. The highest BCUT2D eigenvalue weighted by Crippen LogP contribution is 2.44. The summed E-state index contributed by atoms with van der Waals surface area (Å²) in [6.45, 7) is 2.20. The molecule has 0 bridgehead atoms. The molecule has 0 spiro atoms. The lowest BCUT2D eigenvalue weighted by Gasteiger charge is -2.34. The quantitative estimate of drug-likeness (QED) is 0.550. The van der Waals surface area contributed by atoms with E-state index in [4.69, 9.17) is 9.47 Å². The first-order valence-electron chi connectivity index (χ1n) is 9.51. The number of carbonyl (C=O) groups is 2. The van der Waals surface area contributed by atoms with Crippen LogP contribution < -0.4 is 5.32 Å². The molecule has 6 nitrogen and oxygen atoms in total. The van der Waals surface area contributed by atoms with Gasteiger partial charge in [-0.3, -0.25) is 5.32 Å². The SMILES string of the molecule is CCOC(=O)[C@@](NC(=O)OCc1ccccc1)(c1c(C)[nH]c2ccccc12)C(F)(F)F. The maximum atomic E-state index is 14.6. The zero-order valence-corrected chi connectivity index (χ0v) is 16.9. The van der Waals surface area contributed by atoms with Crippen molar-refractivity contribution in [2.45, 2.75) is 32.2 Å². The van der Waals surface area contributed by atoms with Crippen molar-refractivity contribution in [1.29, 1.82) is 0 Å². The molecule has 0 aliphatic heterocycles. The maximum Gasteiger partial charge on any atom is 0.427 e. The second-order valence-corrected chi connectivity index (χ2v) is 6.83. The van der Waals surface area contributed by atoms with Gasteiger partial charge in [0.2, 0.25) is 0 Å². The van der Waals surface area contributed by atoms with Crippen molar-refractivity contribution in [2.75, 3.05) is 6.61 Å². The predicted octanol–water partition coefficient (Wildman–Crippen LogP) is 4.72. The van der Waals surface area contributed by atoms with Gasteiger partial charge in [-0.2, -0.15) is 13.2 Å². The van der Waals surface area contributed by atoms with Crippen molar-refractivity contribution in [3.8, 4) is 0 Å². The number of ether oxygens (including phenoxy) is 2. The maximum absolute atomic E-state index is 14.6. The Hall–Kier alpha value is -3.49. The van der Waals surface area contributed by atoms with Gasteiger partial charge >= 0.3 is 18.2 Å². The van der Waals surface area contributed by atoms with Gasteiger partial charge in [0.15, 0.2) is 0 Å². The molecule has 1 atom stereocenters. The number of aryl methyl sites for hydroxylation is 1. The summed E-state index contributed by atoms with van der Waals surface area (Å²) >= 11 is 0. The van der Waals surface area contributed by atoms with Crippen LogP contribution in [0.1, 0.15) is 23.7 Å². The van der Waals surface area contributed by atoms with Crippen LogP contribution in [0.2, 0.25) is 0 Å². The minimum absolute atomic E-state index is 0.0648. The van der Waals surface area contributed by atoms with Crippen molar-refractivity contribution in [2.24, 2.45) is 0 Å². The number of fused-ring (bicyclic) bond motifs is 1. The van der Waals surface area contributed by atoms with Gasteiger partial charge in [0, 0.05) is 22.2 Å². The molecule has 0 saturated heterocycles. The molecule has 0 aliphatic rings. The number of halogens is 3. The fourth-order valence-electron chi connectivity index (χ4n) is 3.46. The van der Waals surface area contributed by atoms with Gasteiger partial charge in [-0.05, 0) is 25.5 Å². The second-order valence-electron chi connectivity index (χ2n) is 6.83. The average Bonchev–Trinajstić information content (AvgIpc) is 3.06. The summed E-state index contributed by atoms with van der Waals surface area (Å²) in [5, 5.41) is 1.91. The van der Waals surface area contributed by atoms with Gasteiger partial charge in [-0.15, -0.1) is 0 Å². The summed E-state index contributed by atoms with van der Waals surface area (Å²) in [7, 11) is 0. The molecule has 3 aromatic rings. The smallest absolute Gasteiger partial charge is 0.427 e. The van der Waals surface area contributed by atoms with Crippen LogP contribution in [0.25, 0.3) is 10.9 Å². The Morgan fingerprint density at radius 2 is 1.65 bits per heavy atom. The lowest BCUT2D eigenvalue weighted by molar-refractivity contribution is -0.215. The monoisotopic (exact) mass is 434 g/mol. The Balaban J connectivity index is 2.08. The molecule has 1 aromatic heterocycles. The number of amides is 1. The number of aromatic nitrogens is 1. The lowest BCUT2D eigenvalue weighted by Crippen LogP contribution is -2.62. The van der Waals surface area contributed by atoms with Crippen molar-refractivity contribution >= 4 is 23.0 Å². The van der Waals surface area contributed by atoms with Crippen molar-refractivity contribution in [1.82, 2.24) is 10.3 Å². The van der Waals surface area contributed by atoms with E-state index in [0.29, 0.717) is 11.1 Å². The van der Waals surface area contributed by atoms with Crippen LogP contribution in [-0.2, 0) is 26.4 Å². The number of benzene rings is 2. The summed E-state index contributed by atoms with van der Waals surface area (Å²) in [6.07, 6.45) is -6.63. The minimum atomic E-state index is -5.22.